The van der Waals surface area contributed by atoms with Crippen LogP contribution in [0.3, 0.4) is 0 Å². The quantitative estimate of drug-likeness (QED) is 0.323. The third-order valence-corrected chi connectivity index (χ3v) is 6.14. The van der Waals surface area contributed by atoms with Crippen LogP contribution in [0.1, 0.15) is 42.7 Å². The molecule has 0 atom stereocenters. The molecule has 1 aromatic carbocycles. The molecule has 0 radical (unpaired) electrons. The molecular weight excluding hydrogens is 443 g/mol. The van der Waals surface area contributed by atoms with Gasteiger partial charge in [-0.15, -0.1) is 0 Å². The number of carboxylic acids is 1. The predicted octanol–water partition coefficient (Wildman–Crippen LogP) is 2.86. The summed E-state index contributed by atoms with van der Waals surface area (Å²) in [5.41, 5.74) is 0.457. The van der Waals surface area contributed by atoms with Crippen LogP contribution in [0.4, 0.5) is 26.4 Å². The Bertz CT molecular complexity index is 1170. The first-order chi connectivity index (χ1) is 16.1. The van der Waals surface area contributed by atoms with Crippen molar-refractivity contribution in [2.24, 2.45) is 5.92 Å². The van der Waals surface area contributed by atoms with Gasteiger partial charge < -0.3 is 26.0 Å². The number of amides is 3. The molecule has 2 aliphatic heterocycles. The Morgan fingerprint density at radius 3 is 2.41 bits per heavy atom. The summed E-state index contributed by atoms with van der Waals surface area (Å²) >= 11 is 0. The normalized spacial score (nSPS) is 17.0. The van der Waals surface area contributed by atoms with Gasteiger partial charge in [-0.3, -0.25) is 10.1 Å². The molecule has 4 rings (SSSR count). The average Bonchev–Trinajstić information content (AvgIpc) is 3.07. The van der Waals surface area contributed by atoms with E-state index in [1.807, 2.05) is 18.7 Å². The highest BCUT2D eigenvalue weighted by Gasteiger charge is 2.48. The van der Waals surface area contributed by atoms with E-state index in [2.05, 4.69) is 20.9 Å². The fraction of sp³-hybridized carbons (Fsp3) is 0.348. The maximum absolute atomic E-state index is 13.4. The Morgan fingerprint density at radius 2 is 1.88 bits per heavy atom. The maximum Gasteiger partial charge on any atom is 0.354 e. The molecule has 3 heterocycles. The van der Waals surface area contributed by atoms with Gasteiger partial charge in [0.1, 0.15) is 17.2 Å². The van der Waals surface area contributed by atoms with Gasteiger partial charge in [0.05, 0.1) is 11.3 Å². The minimum Gasteiger partial charge on any atom is -0.477 e. The first kappa shape index (κ1) is 23.1. The van der Waals surface area contributed by atoms with Gasteiger partial charge in [0.25, 0.3) is 5.91 Å². The lowest BCUT2D eigenvalue weighted by Crippen LogP contribution is -2.55. The lowest BCUT2D eigenvalue weighted by atomic mass is 9.87. The van der Waals surface area contributed by atoms with Crippen molar-refractivity contribution < 1.29 is 23.9 Å². The van der Waals surface area contributed by atoms with E-state index < -0.39 is 23.4 Å². The van der Waals surface area contributed by atoms with Crippen molar-refractivity contribution in [3.8, 4) is 0 Å². The summed E-state index contributed by atoms with van der Waals surface area (Å²) in [5.74, 6) is -2.04. The van der Waals surface area contributed by atoms with Crippen molar-refractivity contribution in [3.05, 3.63) is 47.4 Å². The van der Waals surface area contributed by atoms with Crippen LogP contribution in [0, 0.1) is 17.1 Å². The molecule has 0 aliphatic carbocycles. The minimum atomic E-state index is -1.23. The Labute approximate surface area is 195 Å². The molecule has 34 heavy (non-hydrogen) atoms. The first-order valence-corrected chi connectivity index (χ1v) is 10.9. The molecule has 0 unspecified atom stereocenters. The number of carbonyl (C=O) groups is 3. The molecule has 5 N–H and O–H groups in total. The smallest absolute Gasteiger partial charge is 0.354 e. The Hall–Kier alpha value is -4.02. The van der Waals surface area contributed by atoms with Crippen molar-refractivity contribution in [1.82, 2.24) is 15.6 Å². The third-order valence-electron chi connectivity index (χ3n) is 6.14. The summed E-state index contributed by atoms with van der Waals surface area (Å²) in [6.45, 7) is 4.40. The molecule has 2 saturated heterocycles. The van der Waals surface area contributed by atoms with E-state index in [0.29, 0.717) is 42.9 Å². The highest BCUT2D eigenvalue weighted by Crippen LogP contribution is 2.35. The molecule has 10 nitrogen and oxygen atoms in total. The summed E-state index contributed by atoms with van der Waals surface area (Å²) in [6.07, 6.45) is 0.648. The Morgan fingerprint density at radius 1 is 1.24 bits per heavy atom. The van der Waals surface area contributed by atoms with Crippen molar-refractivity contribution in [3.63, 3.8) is 0 Å². The molecule has 0 saturated carbocycles. The Kier molecular flexibility index (Phi) is 5.94. The second-order valence-electron chi connectivity index (χ2n) is 8.73. The van der Waals surface area contributed by atoms with Gasteiger partial charge in [-0.25, -0.2) is 19.0 Å². The number of hydrogen-bond donors (Lipinski definition) is 5. The van der Waals surface area contributed by atoms with Crippen LogP contribution < -0.4 is 20.9 Å². The number of hydrogen-bond acceptors (Lipinski definition) is 7. The number of pyridine rings is 1. The number of nitrogens with zero attached hydrogens (tertiary/aromatic N) is 2. The van der Waals surface area contributed by atoms with Crippen LogP contribution in [0.15, 0.2) is 30.3 Å². The van der Waals surface area contributed by atoms with E-state index in [4.69, 9.17) is 5.41 Å². The van der Waals surface area contributed by atoms with E-state index >= 15 is 0 Å². The molecule has 178 valence electrons. The highest BCUT2D eigenvalue weighted by atomic mass is 19.1. The largest absolute Gasteiger partial charge is 0.477 e. The van der Waals surface area contributed by atoms with Gasteiger partial charge in [0, 0.05) is 24.5 Å². The lowest BCUT2D eigenvalue weighted by molar-refractivity contribution is -0.124. The SMILES string of the molecule is CC(C)C(=N)c1c(N2CCC3(CC2)NC(=O)NC3=O)cc(C(=O)O)nc1Nc1ccc(F)cc1. The van der Waals surface area contributed by atoms with Gasteiger partial charge in [-0.05, 0) is 49.1 Å². The van der Waals surface area contributed by atoms with Crippen molar-refractivity contribution in [2.75, 3.05) is 23.3 Å². The van der Waals surface area contributed by atoms with E-state index in [1.54, 1.807) is 0 Å². The number of imide groups is 1. The molecule has 1 spiro atoms. The van der Waals surface area contributed by atoms with Crippen molar-refractivity contribution in [2.45, 2.75) is 32.2 Å². The fourth-order valence-electron chi connectivity index (χ4n) is 4.21. The average molecular weight is 468 g/mol. The number of benzene rings is 1. The zero-order valence-corrected chi connectivity index (χ0v) is 18.7. The number of aromatic nitrogens is 1. The van der Waals surface area contributed by atoms with Crippen molar-refractivity contribution in [1.29, 1.82) is 5.41 Å². The fourth-order valence-corrected chi connectivity index (χ4v) is 4.21. The second-order valence-corrected chi connectivity index (χ2v) is 8.73. The predicted molar refractivity (Wildman–Crippen MR) is 123 cm³/mol. The summed E-state index contributed by atoms with van der Waals surface area (Å²) < 4.78 is 13.4. The van der Waals surface area contributed by atoms with Gasteiger partial charge in [0.2, 0.25) is 0 Å². The molecule has 11 heteroatoms. The van der Waals surface area contributed by atoms with Crippen molar-refractivity contribution >= 4 is 40.8 Å². The summed E-state index contributed by atoms with van der Waals surface area (Å²) in [4.78, 5) is 42.0. The van der Waals surface area contributed by atoms with Crippen LogP contribution in [0.2, 0.25) is 0 Å². The summed E-state index contributed by atoms with van der Waals surface area (Å²) in [6, 6.07) is 6.43. The van der Waals surface area contributed by atoms with E-state index in [-0.39, 0.29) is 29.0 Å². The van der Waals surface area contributed by atoms with Gasteiger partial charge in [-0.2, -0.15) is 0 Å². The number of anilines is 3. The van der Waals surface area contributed by atoms with Crippen LogP contribution >= 0.6 is 0 Å². The monoisotopic (exact) mass is 468 g/mol. The zero-order chi connectivity index (χ0) is 24.6. The summed E-state index contributed by atoms with van der Waals surface area (Å²) in [5, 5.41) is 26.5. The highest BCUT2D eigenvalue weighted by molar-refractivity contribution is 6.10. The van der Waals surface area contributed by atoms with Crippen LogP contribution in [-0.4, -0.2) is 52.3 Å². The van der Waals surface area contributed by atoms with E-state index in [9.17, 15) is 23.9 Å². The van der Waals surface area contributed by atoms with Gasteiger partial charge in [-0.1, -0.05) is 13.8 Å². The minimum absolute atomic E-state index is 0.174. The van der Waals surface area contributed by atoms with Crippen LogP contribution in [0.25, 0.3) is 0 Å². The molecule has 0 bridgehead atoms. The zero-order valence-electron chi connectivity index (χ0n) is 18.7. The summed E-state index contributed by atoms with van der Waals surface area (Å²) in [7, 11) is 0. The topological polar surface area (TPSA) is 148 Å². The molecule has 2 aliphatic rings. The molecule has 2 fully saturated rings. The number of piperidine rings is 1. The number of carboxylic acid groups (broad SMARTS) is 1. The van der Waals surface area contributed by atoms with E-state index in [1.165, 1.54) is 30.3 Å². The van der Waals surface area contributed by atoms with Crippen LogP contribution in [-0.2, 0) is 4.79 Å². The standard InChI is InChI=1S/C23H25FN6O4/c1-12(2)18(25)17-16(30-9-7-23(8-10-30)21(33)28-22(34)29-23)11-15(20(31)32)27-19(17)26-14-5-3-13(24)4-6-14/h3-6,11-12,25H,7-10H2,1-2H3,(H,26,27)(H,31,32)(H2,28,29,33,34). The first-order valence-electron chi connectivity index (χ1n) is 10.9. The number of carbonyl (C=O) groups excluding carboxylic acids is 2. The van der Waals surface area contributed by atoms with Gasteiger partial charge in [0.15, 0.2) is 5.69 Å². The third kappa shape index (κ3) is 4.28. The Balaban J connectivity index is 1.76. The number of rotatable bonds is 6. The van der Waals surface area contributed by atoms with Gasteiger partial charge >= 0.3 is 12.0 Å². The van der Waals surface area contributed by atoms with E-state index in [0.717, 1.165) is 0 Å². The number of aromatic carboxylic acids is 1. The molecule has 1 aromatic heterocycles. The molecule has 3 amide bonds. The number of urea groups is 1. The number of halogens is 1. The van der Waals surface area contributed by atoms with Crippen LogP contribution in [0.5, 0.6) is 0 Å². The molecular formula is C23H25FN6O4. The maximum atomic E-state index is 13.4. The molecule has 2 aromatic rings. The second kappa shape index (κ2) is 8.73. The lowest BCUT2D eigenvalue weighted by Gasteiger charge is -2.39. The number of nitrogens with one attached hydrogen (secondary N) is 4.